The molecular weight excluding hydrogens is 262 g/mol. The summed E-state index contributed by atoms with van der Waals surface area (Å²) in [6, 6.07) is 5.44. The molecule has 0 radical (unpaired) electrons. The minimum atomic E-state index is -0.172. The Morgan fingerprint density at radius 2 is 1.95 bits per heavy atom. The summed E-state index contributed by atoms with van der Waals surface area (Å²) >= 11 is 6.05. The van der Waals surface area contributed by atoms with Gasteiger partial charge in [0.25, 0.3) is 0 Å². The molecular formula is C14H18ClN3O. The molecule has 0 amide bonds. The lowest BCUT2D eigenvalue weighted by molar-refractivity contribution is 0.361. The van der Waals surface area contributed by atoms with Crippen molar-refractivity contribution in [1.29, 1.82) is 0 Å². The monoisotopic (exact) mass is 279 g/mol. The van der Waals surface area contributed by atoms with E-state index in [1.807, 2.05) is 12.1 Å². The van der Waals surface area contributed by atoms with Gasteiger partial charge in [0.05, 0.1) is 18.8 Å². The zero-order valence-corrected chi connectivity index (χ0v) is 12.3. The highest BCUT2D eigenvalue weighted by molar-refractivity contribution is 6.31. The van der Waals surface area contributed by atoms with Crippen LogP contribution in [-0.2, 0) is 5.54 Å². The van der Waals surface area contributed by atoms with E-state index in [2.05, 4.69) is 25.9 Å². The second kappa shape index (κ2) is 4.78. The number of rotatable bonds is 2. The summed E-state index contributed by atoms with van der Waals surface area (Å²) in [5.41, 5.74) is 7.70. The van der Waals surface area contributed by atoms with Crippen molar-refractivity contribution >= 4 is 17.4 Å². The zero-order valence-electron chi connectivity index (χ0n) is 11.6. The van der Waals surface area contributed by atoms with Crippen molar-refractivity contribution in [1.82, 2.24) is 9.78 Å². The first-order valence-electron chi connectivity index (χ1n) is 6.02. The first kappa shape index (κ1) is 13.7. The van der Waals surface area contributed by atoms with Gasteiger partial charge in [0.1, 0.15) is 11.6 Å². The Hall–Kier alpha value is -1.68. The van der Waals surface area contributed by atoms with Crippen LogP contribution in [0.3, 0.4) is 0 Å². The minimum absolute atomic E-state index is 0.172. The first-order chi connectivity index (χ1) is 8.84. The number of nitrogens with zero attached hydrogens (tertiary/aromatic N) is 2. The zero-order chi connectivity index (χ0) is 14.2. The summed E-state index contributed by atoms with van der Waals surface area (Å²) in [4.78, 5) is 0. The number of halogens is 1. The van der Waals surface area contributed by atoms with E-state index in [1.54, 1.807) is 24.1 Å². The summed E-state index contributed by atoms with van der Waals surface area (Å²) in [5, 5.41) is 5.00. The number of nitrogens with two attached hydrogens (primary N) is 1. The fraction of sp³-hybridized carbons (Fsp3) is 0.357. The normalized spacial score (nSPS) is 11.6. The third-order valence-corrected chi connectivity index (χ3v) is 3.13. The SMILES string of the molecule is COc1ccc(Cl)cc1-c1cnn(C(C)(C)C)c1N. The van der Waals surface area contributed by atoms with E-state index in [9.17, 15) is 0 Å². The topological polar surface area (TPSA) is 53.1 Å². The summed E-state index contributed by atoms with van der Waals surface area (Å²) in [6.45, 7) is 6.15. The fourth-order valence-corrected chi connectivity index (χ4v) is 2.16. The summed E-state index contributed by atoms with van der Waals surface area (Å²) in [6.07, 6.45) is 1.74. The van der Waals surface area contributed by atoms with Gasteiger partial charge in [-0.1, -0.05) is 11.6 Å². The number of hydrogen-bond donors (Lipinski definition) is 1. The molecule has 1 aromatic heterocycles. The highest BCUT2D eigenvalue weighted by Gasteiger charge is 2.21. The van der Waals surface area contributed by atoms with Crippen LogP contribution < -0.4 is 10.5 Å². The van der Waals surface area contributed by atoms with Gasteiger partial charge in [-0.3, -0.25) is 0 Å². The molecule has 0 bridgehead atoms. The maximum Gasteiger partial charge on any atom is 0.130 e. The maximum atomic E-state index is 6.20. The Labute approximate surface area is 118 Å². The molecule has 2 N–H and O–H groups in total. The van der Waals surface area contributed by atoms with Crippen LogP contribution in [0.1, 0.15) is 20.8 Å². The van der Waals surface area contributed by atoms with Gasteiger partial charge in [0.15, 0.2) is 0 Å². The third-order valence-electron chi connectivity index (χ3n) is 2.89. The molecule has 102 valence electrons. The van der Waals surface area contributed by atoms with E-state index in [1.165, 1.54) is 0 Å². The number of methoxy groups -OCH3 is 1. The van der Waals surface area contributed by atoms with Crippen LogP contribution in [0.4, 0.5) is 5.82 Å². The highest BCUT2D eigenvalue weighted by atomic mass is 35.5. The first-order valence-corrected chi connectivity index (χ1v) is 6.40. The van der Waals surface area contributed by atoms with E-state index in [-0.39, 0.29) is 5.54 Å². The fourth-order valence-electron chi connectivity index (χ4n) is 1.99. The molecule has 2 rings (SSSR count). The van der Waals surface area contributed by atoms with Gasteiger partial charge in [-0.15, -0.1) is 0 Å². The van der Waals surface area contributed by atoms with Crippen LogP contribution in [0, 0.1) is 0 Å². The number of aromatic nitrogens is 2. The molecule has 4 nitrogen and oxygen atoms in total. The average molecular weight is 280 g/mol. The van der Waals surface area contributed by atoms with E-state index in [4.69, 9.17) is 22.1 Å². The predicted octanol–water partition coefficient (Wildman–Crippen LogP) is 3.55. The van der Waals surface area contributed by atoms with E-state index in [0.717, 1.165) is 16.9 Å². The van der Waals surface area contributed by atoms with Gasteiger partial charge in [-0.25, -0.2) is 4.68 Å². The Morgan fingerprint density at radius 3 is 2.47 bits per heavy atom. The lowest BCUT2D eigenvalue weighted by Crippen LogP contribution is -2.24. The van der Waals surface area contributed by atoms with Crippen LogP contribution in [0.5, 0.6) is 5.75 Å². The second-order valence-electron chi connectivity index (χ2n) is 5.37. The van der Waals surface area contributed by atoms with Crippen molar-refractivity contribution in [3.8, 4) is 16.9 Å². The molecule has 0 fully saturated rings. The van der Waals surface area contributed by atoms with Crippen molar-refractivity contribution in [3.63, 3.8) is 0 Å². The number of hydrogen-bond acceptors (Lipinski definition) is 3. The van der Waals surface area contributed by atoms with Crippen LogP contribution in [-0.4, -0.2) is 16.9 Å². The van der Waals surface area contributed by atoms with Crippen LogP contribution in [0.15, 0.2) is 24.4 Å². The second-order valence-corrected chi connectivity index (χ2v) is 5.81. The standard InChI is InChI=1S/C14H18ClN3O/c1-14(2,3)18-13(16)11(8-17-18)10-7-9(15)5-6-12(10)19-4/h5-8H,16H2,1-4H3. The van der Waals surface area contributed by atoms with Gasteiger partial charge in [-0.2, -0.15) is 5.10 Å². The van der Waals surface area contributed by atoms with Crippen LogP contribution in [0.2, 0.25) is 5.02 Å². The summed E-state index contributed by atoms with van der Waals surface area (Å²) < 4.78 is 7.15. The van der Waals surface area contributed by atoms with Gasteiger partial charge in [0.2, 0.25) is 0 Å². The lowest BCUT2D eigenvalue weighted by atomic mass is 10.1. The molecule has 0 aliphatic carbocycles. The molecule has 0 saturated heterocycles. The van der Waals surface area contributed by atoms with Crippen molar-refractivity contribution in [3.05, 3.63) is 29.4 Å². The lowest BCUT2D eigenvalue weighted by Gasteiger charge is -2.21. The molecule has 1 aromatic carbocycles. The van der Waals surface area contributed by atoms with Crippen molar-refractivity contribution in [2.45, 2.75) is 26.3 Å². The van der Waals surface area contributed by atoms with Gasteiger partial charge in [-0.05, 0) is 39.0 Å². The highest BCUT2D eigenvalue weighted by Crippen LogP contribution is 2.36. The molecule has 0 spiro atoms. The van der Waals surface area contributed by atoms with Crippen molar-refractivity contribution < 1.29 is 4.74 Å². The number of nitrogen functional groups attached to an aromatic ring is 1. The van der Waals surface area contributed by atoms with E-state index < -0.39 is 0 Å². The number of benzene rings is 1. The predicted molar refractivity (Wildman–Crippen MR) is 78.6 cm³/mol. The largest absolute Gasteiger partial charge is 0.496 e. The smallest absolute Gasteiger partial charge is 0.130 e. The third kappa shape index (κ3) is 2.54. The molecule has 0 aliphatic heterocycles. The molecule has 0 saturated carbocycles. The van der Waals surface area contributed by atoms with Gasteiger partial charge >= 0.3 is 0 Å². The Kier molecular flexibility index (Phi) is 3.45. The Balaban J connectivity index is 2.60. The molecule has 19 heavy (non-hydrogen) atoms. The van der Waals surface area contributed by atoms with Crippen molar-refractivity contribution in [2.24, 2.45) is 0 Å². The van der Waals surface area contributed by atoms with Crippen molar-refractivity contribution in [2.75, 3.05) is 12.8 Å². The number of ether oxygens (including phenoxy) is 1. The molecule has 0 unspecified atom stereocenters. The molecule has 0 aliphatic rings. The van der Waals surface area contributed by atoms with Crippen LogP contribution in [0.25, 0.3) is 11.1 Å². The molecule has 0 atom stereocenters. The van der Waals surface area contributed by atoms with Gasteiger partial charge < -0.3 is 10.5 Å². The van der Waals surface area contributed by atoms with E-state index >= 15 is 0 Å². The van der Waals surface area contributed by atoms with Gasteiger partial charge in [0, 0.05) is 16.1 Å². The Morgan fingerprint density at radius 1 is 1.26 bits per heavy atom. The molecule has 5 heteroatoms. The maximum absolute atomic E-state index is 6.20. The average Bonchev–Trinajstić information content (AvgIpc) is 2.70. The Bertz CT molecular complexity index is 599. The van der Waals surface area contributed by atoms with E-state index in [0.29, 0.717) is 10.8 Å². The molecule has 2 aromatic rings. The molecule has 1 heterocycles. The summed E-state index contributed by atoms with van der Waals surface area (Å²) in [7, 11) is 1.62. The van der Waals surface area contributed by atoms with Crippen LogP contribution >= 0.6 is 11.6 Å². The summed E-state index contributed by atoms with van der Waals surface area (Å²) in [5.74, 6) is 1.33. The number of anilines is 1. The minimum Gasteiger partial charge on any atom is -0.496 e. The quantitative estimate of drug-likeness (QED) is 0.915.